The van der Waals surface area contributed by atoms with Crippen molar-refractivity contribution < 1.29 is 9.21 Å². The fourth-order valence-electron chi connectivity index (χ4n) is 3.46. The molecule has 3 heterocycles. The zero-order valence-electron chi connectivity index (χ0n) is 15.2. The van der Waals surface area contributed by atoms with Gasteiger partial charge in [0.15, 0.2) is 0 Å². The van der Waals surface area contributed by atoms with Gasteiger partial charge in [0.05, 0.1) is 5.69 Å². The van der Waals surface area contributed by atoms with Crippen LogP contribution in [0.3, 0.4) is 0 Å². The van der Waals surface area contributed by atoms with E-state index in [0.29, 0.717) is 24.8 Å². The molecule has 9 nitrogen and oxygen atoms in total. The highest BCUT2D eigenvalue weighted by molar-refractivity contribution is 5.89. The van der Waals surface area contributed by atoms with Crippen molar-refractivity contribution in [2.45, 2.75) is 25.7 Å². The molecule has 1 aliphatic heterocycles. The van der Waals surface area contributed by atoms with Crippen molar-refractivity contribution in [2.24, 2.45) is 7.05 Å². The third-order valence-corrected chi connectivity index (χ3v) is 4.75. The SMILES string of the molecule is Cc1nnc(C(=O)N2CCC[C@@H](c3nn(C)c(=O)n3-c3ccccc3)C2)o1. The molecule has 1 saturated heterocycles. The van der Waals surface area contributed by atoms with E-state index < -0.39 is 0 Å². The minimum absolute atomic E-state index is 0.00498. The number of aromatic nitrogens is 5. The number of carbonyl (C=O) groups is 1. The summed E-state index contributed by atoms with van der Waals surface area (Å²) in [5, 5.41) is 12.0. The van der Waals surface area contributed by atoms with Gasteiger partial charge in [-0.25, -0.2) is 14.0 Å². The van der Waals surface area contributed by atoms with Gasteiger partial charge >= 0.3 is 17.5 Å². The lowest BCUT2D eigenvalue weighted by Gasteiger charge is -2.31. The van der Waals surface area contributed by atoms with E-state index in [2.05, 4.69) is 15.3 Å². The van der Waals surface area contributed by atoms with Gasteiger partial charge in [0.25, 0.3) is 0 Å². The molecular weight excluding hydrogens is 348 g/mol. The number of amides is 1. The number of rotatable bonds is 3. The van der Waals surface area contributed by atoms with Gasteiger partial charge in [0.2, 0.25) is 5.89 Å². The summed E-state index contributed by atoms with van der Waals surface area (Å²) in [5.74, 6) is 0.669. The van der Waals surface area contributed by atoms with E-state index in [4.69, 9.17) is 4.42 Å². The van der Waals surface area contributed by atoms with Crippen LogP contribution < -0.4 is 5.69 Å². The van der Waals surface area contributed by atoms with Crippen LogP contribution in [0.5, 0.6) is 0 Å². The molecule has 0 aliphatic carbocycles. The average molecular weight is 368 g/mol. The molecule has 0 radical (unpaired) electrons. The highest BCUT2D eigenvalue weighted by Gasteiger charge is 2.31. The molecule has 1 fully saturated rings. The Morgan fingerprint density at radius 1 is 1.22 bits per heavy atom. The van der Waals surface area contributed by atoms with Crippen molar-refractivity contribution in [3.63, 3.8) is 0 Å². The van der Waals surface area contributed by atoms with Gasteiger partial charge in [-0.15, -0.1) is 10.2 Å². The normalized spacial score (nSPS) is 17.3. The van der Waals surface area contributed by atoms with Crippen molar-refractivity contribution >= 4 is 5.91 Å². The van der Waals surface area contributed by atoms with E-state index >= 15 is 0 Å². The second-order valence-electron chi connectivity index (χ2n) is 6.65. The number of nitrogens with zero attached hydrogens (tertiary/aromatic N) is 6. The largest absolute Gasteiger partial charge is 0.417 e. The van der Waals surface area contributed by atoms with Gasteiger partial charge in [-0.05, 0) is 25.0 Å². The Balaban J connectivity index is 1.65. The van der Waals surface area contributed by atoms with E-state index in [9.17, 15) is 9.59 Å². The van der Waals surface area contributed by atoms with Crippen LogP contribution in [0.15, 0.2) is 39.5 Å². The van der Waals surface area contributed by atoms with E-state index in [-0.39, 0.29) is 23.4 Å². The summed E-state index contributed by atoms with van der Waals surface area (Å²) in [6.45, 7) is 2.71. The molecular formula is C18H20N6O3. The zero-order valence-corrected chi connectivity index (χ0v) is 15.2. The predicted octanol–water partition coefficient (Wildman–Crippen LogP) is 1.28. The fraction of sp³-hybridized carbons (Fsp3) is 0.389. The van der Waals surface area contributed by atoms with Crippen molar-refractivity contribution in [3.8, 4) is 5.69 Å². The van der Waals surface area contributed by atoms with E-state index in [1.807, 2.05) is 30.3 Å². The van der Waals surface area contributed by atoms with Crippen molar-refractivity contribution in [2.75, 3.05) is 13.1 Å². The maximum atomic E-state index is 12.7. The highest BCUT2D eigenvalue weighted by Crippen LogP contribution is 2.27. The van der Waals surface area contributed by atoms with E-state index in [0.717, 1.165) is 18.5 Å². The molecule has 27 heavy (non-hydrogen) atoms. The third kappa shape index (κ3) is 3.16. The van der Waals surface area contributed by atoms with Crippen LogP contribution in [0.4, 0.5) is 0 Å². The summed E-state index contributed by atoms with van der Waals surface area (Å²) in [4.78, 5) is 27.0. The molecule has 9 heteroatoms. The van der Waals surface area contributed by atoms with Gasteiger partial charge in [-0.3, -0.25) is 4.79 Å². The number of aryl methyl sites for hydroxylation is 2. The molecule has 4 rings (SSSR count). The summed E-state index contributed by atoms with van der Waals surface area (Å²) in [6, 6.07) is 9.41. The van der Waals surface area contributed by atoms with Gasteiger partial charge in [-0.2, -0.15) is 5.10 Å². The zero-order chi connectivity index (χ0) is 19.0. The number of para-hydroxylation sites is 1. The highest BCUT2D eigenvalue weighted by atomic mass is 16.4. The molecule has 140 valence electrons. The average Bonchev–Trinajstić information content (AvgIpc) is 3.25. The fourth-order valence-corrected chi connectivity index (χ4v) is 3.46. The lowest BCUT2D eigenvalue weighted by molar-refractivity contribution is 0.0662. The second-order valence-corrected chi connectivity index (χ2v) is 6.65. The van der Waals surface area contributed by atoms with Crippen LogP contribution in [-0.4, -0.2) is 48.4 Å². The lowest BCUT2D eigenvalue weighted by atomic mass is 9.97. The predicted molar refractivity (Wildman–Crippen MR) is 95.7 cm³/mol. The van der Waals surface area contributed by atoms with Crippen LogP contribution in [0.25, 0.3) is 5.69 Å². The maximum Gasteiger partial charge on any atom is 0.350 e. The van der Waals surface area contributed by atoms with Gasteiger partial charge < -0.3 is 9.32 Å². The van der Waals surface area contributed by atoms with Gasteiger partial charge in [-0.1, -0.05) is 18.2 Å². The van der Waals surface area contributed by atoms with Crippen LogP contribution >= 0.6 is 0 Å². The summed E-state index contributed by atoms with van der Waals surface area (Å²) < 4.78 is 8.23. The Morgan fingerprint density at radius 3 is 2.70 bits per heavy atom. The van der Waals surface area contributed by atoms with Crippen LogP contribution in [0.1, 0.15) is 41.2 Å². The van der Waals surface area contributed by atoms with E-state index in [1.165, 1.54) is 4.68 Å². The van der Waals surface area contributed by atoms with Crippen molar-refractivity contribution in [1.29, 1.82) is 0 Å². The second kappa shape index (κ2) is 6.82. The summed E-state index contributed by atoms with van der Waals surface area (Å²) in [5.41, 5.74) is 0.564. The van der Waals surface area contributed by atoms with Gasteiger partial charge in [0.1, 0.15) is 5.82 Å². The Bertz CT molecular complexity index is 1020. The first-order chi connectivity index (χ1) is 13.0. The molecule has 1 atom stereocenters. The number of hydrogen-bond donors (Lipinski definition) is 0. The minimum atomic E-state index is -0.287. The Kier molecular flexibility index (Phi) is 4.35. The molecule has 0 saturated carbocycles. The monoisotopic (exact) mass is 368 g/mol. The van der Waals surface area contributed by atoms with E-state index in [1.54, 1.807) is 23.4 Å². The molecule has 0 bridgehead atoms. The number of piperidine rings is 1. The quantitative estimate of drug-likeness (QED) is 0.691. The Hall–Kier alpha value is -3.23. The first-order valence-corrected chi connectivity index (χ1v) is 8.85. The molecule has 3 aromatic rings. The van der Waals surface area contributed by atoms with Gasteiger partial charge in [0, 0.05) is 33.0 Å². The number of likely N-dealkylation sites (tertiary alicyclic amines) is 1. The maximum absolute atomic E-state index is 12.7. The molecule has 1 aromatic carbocycles. The molecule has 2 aromatic heterocycles. The lowest BCUT2D eigenvalue weighted by Crippen LogP contribution is -2.40. The van der Waals surface area contributed by atoms with Crippen molar-refractivity contribution in [3.05, 3.63) is 58.4 Å². The van der Waals surface area contributed by atoms with Crippen molar-refractivity contribution in [1.82, 2.24) is 29.4 Å². The Labute approximate surface area is 155 Å². The first-order valence-electron chi connectivity index (χ1n) is 8.85. The molecule has 0 unspecified atom stereocenters. The summed E-state index contributed by atoms with van der Waals surface area (Å²) >= 11 is 0. The number of benzene rings is 1. The summed E-state index contributed by atoms with van der Waals surface area (Å²) in [7, 11) is 1.64. The van der Waals surface area contributed by atoms with Crippen LogP contribution in [0, 0.1) is 6.92 Å². The topological polar surface area (TPSA) is 99.0 Å². The molecule has 1 aliphatic rings. The molecule has 0 N–H and O–H groups in total. The smallest absolute Gasteiger partial charge is 0.350 e. The number of carbonyl (C=O) groups excluding carboxylic acids is 1. The molecule has 1 amide bonds. The number of hydrogen-bond acceptors (Lipinski definition) is 6. The molecule has 0 spiro atoms. The van der Waals surface area contributed by atoms with Crippen LogP contribution in [-0.2, 0) is 7.05 Å². The first kappa shape index (κ1) is 17.2. The minimum Gasteiger partial charge on any atom is -0.417 e. The summed E-state index contributed by atoms with van der Waals surface area (Å²) in [6.07, 6.45) is 1.65. The Morgan fingerprint density at radius 2 is 2.00 bits per heavy atom. The third-order valence-electron chi connectivity index (χ3n) is 4.75. The van der Waals surface area contributed by atoms with Crippen LogP contribution in [0.2, 0.25) is 0 Å². The standard InChI is InChI=1S/C18H20N6O3/c1-12-19-20-16(27-12)17(25)23-10-6-7-13(11-23)15-21-22(2)18(26)24(15)14-8-4-3-5-9-14/h3-5,8-9,13H,6-7,10-11H2,1-2H3/t13-/m1/s1.